The first-order valence-corrected chi connectivity index (χ1v) is 7.74. The van der Waals surface area contributed by atoms with Gasteiger partial charge in [-0.2, -0.15) is 17.9 Å². The van der Waals surface area contributed by atoms with Crippen LogP contribution in [0.25, 0.3) is 5.82 Å². The second-order valence-corrected chi connectivity index (χ2v) is 5.79. The van der Waals surface area contributed by atoms with E-state index < -0.39 is 29.8 Å². The van der Waals surface area contributed by atoms with Gasteiger partial charge < -0.3 is 4.74 Å². The third kappa shape index (κ3) is 3.47. The molecule has 1 fully saturated rings. The fraction of sp³-hybridized carbons (Fsp3) is 0.533. The third-order valence-electron chi connectivity index (χ3n) is 3.84. The van der Waals surface area contributed by atoms with E-state index in [-0.39, 0.29) is 18.1 Å². The Morgan fingerprint density at radius 1 is 1.32 bits per heavy atom. The van der Waals surface area contributed by atoms with Gasteiger partial charge in [0.25, 0.3) is 0 Å². The van der Waals surface area contributed by atoms with Crippen LogP contribution in [0.15, 0.2) is 6.07 Å². The highest BCUT2D eigenvalue weighted by molar-refractivity contribution is 5.77. The maximum Gasteiger partial charge on any atom is 0.451 e. The van der Waals surface area contributed by atoms with Crippen molar-refractivity contribution in [2.24, 2.45) is 5.92 Å². The number of ether oxygens (including phenoxy) is 1. The van der Waals surface area contributed by atoms with E-state index in [0.29, 0.717) is 18.1 Å². The smallest absolute Gasteiger partial charge is 0.451 e. The maximum atomic E-state index is 13.2. The predicted octanol–water partition coefficient (Wildman–Crippen LogP) is 2.36. The Labute approximate surface area is 141 Å². The highest BCUT2D eigenvalue weighted by atomic mass is 19.4. The first-order valence-electron chi connectivity index (χ1n) is 7.74. The second kappa shape index (κ2) is 6.08. The molecule has 0 spiro atoms. The van der Waals surface area contributed by atoms with Gasteiger partial charge in [-0.15, -0.1) is 5.10 Å². The summed E-state index contributed by atoms with van der Waals surface area (Å²) < 4.78 is 45.7. The molecule has 0 aliphatic heterocycles. The average Bonchev–Trinajstić information content (AvgIpc) is 3.25. The standard InChI is InChI=1S/C15H16F3N5O2/c1-4-25-13(24)10-5-9(10)11-6-12(21-14(20-11)15(16,17)18)23-8(3)19-7(2)22-23/h6,9-10H,4-5H2,1-3H3/t9-,10-/m0/s1. The molecule has 2 heterocycles. The highest BCUT2D eigenvalue weighted by Crippen LogP contribution is 2.48. The number of carbonyl (C=O) groups is 1. The Bertz CT molecular complexity index is 818. The number of esters is 1. The Hall–Kier alpha value is -2.52. The highest BCUT2D eigenvalue weighted by Gasteiger charge is 2.47. The van der Waals surface area contributed by atoms with Crippen LogP contribution in [0.1, 0.15) is 42.4 Å². The monoisotopic (exact) mass is 355 g/mol. The Morgan fingerprint density at radius 3 is 2.60 bits per heavy atom. The van der Waals surface area contributed by atoms with Crippen LogP contribution >= 0.6 is 0 Å². The van der Waals surface area contributed by atoms with E-state index >= 15 is 0 Å². The van der Waals surface area contributed by atoms with Crippen LogP contribution < -0.4 is 0 Å². The minimum Gasteiger partial charge on any atom is -0.466 e. The minimum absolute atomic E-state index is 0.0232. The van der Waals surface area contributed by atoms with E-state index in [2.05, 4.69) is 20.1 Å². The van der Waals surface area contributed by atoms with Crippen LogP contribution in [0.3, 0.4) is 0 Å². The van der Waals surface area contributed by atoms with Crippen molar-refractivity contribution in [3.8, 4) is 5.82 Å². The molecule has 0 amide bonds. The number of carbonyl (C=O) groups excluding carboxylic acids is 1. The van der Waals surface area contributed by atoms with E-state index in [1.165, 1.54) is 10.7 Å². The van der Waals surface area contributed by atoms with Crippen molar-refractivity contribution < 1.29 is 22.7 Å². The molecule has 0 radical (unpaired) electrons. The van der Waals surface area contributed by atoms with E-state index in [0.717, 1.165) is 0 Å². The van der Waals surface area contributed by atoms with E-state index in [9.17, 15) is 18.0 Å². The number of alkyl halides is 3. The molecule has 1 saturated carbocycles. The number of aromatic nitrogens is 5. The van der Waals surface area contributed by atoms with Crippen molar-refractivity contribution >= 4 is 5.97 Å². The van der Waals surface area contributed by atoms with Gasteiger partial charge in [0.1, 0.15) is 11.6 Å². The van der Waals surface area contributed by atoms with Crippen molar-refractivity contribution in [2.75, 3.05) is 6.61 Å². The molecule has 134 valence electrons. The zero-order chi connectivity index (χ0) is 18.4. The van der Waals surface area contributed by atoms with Crippen LogP contribution in [0.2, 0.25) is 0 Å². The number of hydrogen-bond acceptors (Lipinski definition) is 6. The summed E-state index contributed by atoms with van der Waals surface area (Å²) in [6, 6.07) is 1.42. The number of nitrogens with zero attached hydrogens (tertiary/aromatic N) is 5. The van der Waals surface area contributed by atoms with Gasteiger partial charge >= 0.3 is 12.1 Å². The van der Waals surface area contributed by atoms with Crippen molar-refractivity contribution in [2.45, 2.75) is 39.3 Å². The van der Waals surface area contributed by atoms with Crippen molar-refractivity contribution in [3.63, 3.8) is 0 Å². The van der Waals surface area contributed by atoms with Crippen molar-refractivity contribution in [3.05, 3.63) is 29.2 Å². The number of rotatable bonds is 4. The van der Waals surface area contributed by atoms with Gasteiger partial charge in [-0.3, -0.25) is 4.79 Å². The minimum atomic E-state index is -4.71. The zero-order valence-electron chi connectivity index (χ0n) is 13.8. The molecule has 2 aromatic heterocycles. The first kappa shape index (κ1) is 17.3. The molecule has 25 heavy (non-hydrogen) atoms. The van der Waals surface area contributed by atoms with Crippen LogP contribution in [0, 0.1) is 19.8 Å². The normalized spacial score (nSPS) is 19.8. The summed E-state index contributed by atoms with van der Waals surface area (Å²) in [5, 5.41) is 4.06. The summed E-state index contributed by atoms with van der Waals surface area (Å²) in [6.45, 7) is 5.15. The lowest BCUT2D eigenvalue weighted by atomic mass is 10.2. The van der Waals surface area contributed by atoms with Crippen LogP contribution in [-0.4, -0.2) is 37.3 Å². The lowest BCUT2D eigenvalue weighted by Crippen LogP contribution is -2.16. The summed E-state index contributed by atoms with van der Waals surface area (Å²) in [7, 11) is 0. The SMILES string of the molecule is CCOC(=O)[C@H]1C[C@@H]1c1cc(-n2nc(C)nc2C)nc(C(F)(F)F)n1. The van der Waals surface area contributed by atoms with E-state index in [1.807, 2.05) is 0 Å². The number of halogens is 3. The molecule has 0 saturated heterocycles. The van der Waals surface area contributed by atoms with Gasteiger partial charge in [0, 0.05) is 12.0 Å². The van der Waals surface area contributed by atoms with Crippen molar-refractivity contribution in [1.29, 1.82) is 0 Å². The average molecular weight is 355 g/mol. The summed E-state index contributed by atoms with van der Waals surface area (Å²) in [4.78, 5) is 23.0. The summed E-state index contributed by atoms with van der Waals surface area (Å²) in [5.74, 6) is -1.76. The molecule has 2 atom stereocenters. The van der Waals surface area contributed by atoms with Crippen LogP contribution in [-0.2, 0) is 15.7 Å². The predicted molar refractivity (Wildman–Crippen MR) is 78.9 cm³/mol. The zero-order valence-corrected chi connectivity index (χ0v) is 13.8. The lowest BCUT2D eigenvalue weighted by molar-refractivity contribution is -0.145. The first-order chi connectivity index (χ1) is 11.7. The fourth-order valence-electron chi connectivity index (χ4n) is 2.65. The van der Waals surface area contributed by atoms with Crippen LogP contribution in [0.5, 0.6) is 0 Å². The molecule has 3 rings (SSSR count). The molecule has 10 heteroatoms. The molecular weight excluding hydrogens is 339 g/mol. The van der Waals surface area contributed by atoms with Gasteiger partial charge in [-0.25, -0.2) is 15.0 Å². The molecule has 1 aliphatic rings. The summed E-state index contributed by atoms with van der Waals surface area (Å²) in [6.07, 6.45) is -4.30. The van der Waals surface area contributed by atoms with Gasteiger partial charge in [0.15, 0.2) is 5.82 Å². The Kier molecular flexibility index (Phi) is 4.21. The number of hydrogen-bond donors (Lipinski definition) is 0. The topological polar surface area (TPSA) is 82.8 Å². The lowest BCUT2D eigenvalue weighted by Gasteiger charge is -2.10. The fourth-order valence-corrected chi connectivity index (χ4v) is 2.65. The summed E-state index contributed by atoms with van der Waals surface area (Å²) >= 11 is 0. The molecule has 0 N–H and O–H groups in total. The van der Waals surface area contributed by atoms with Gasteiger partial charge in [0.2, 0.25) is 5.82 Å². The summed E-state index contributed by atoms with van der Waals surface area (Å²) in [5.41, 5.74) is 0.155. The second-order valence-electron chi connectivity index (χ2n) is 5.79. The molecule has 0 aromatic carbocycles. The number of aryl methyl sites for hydroxylation is 2. The maximum absolute atomic E-state index is 13.2. The van der Waals surface area contributed by atoms with Crippen LogP contribution in [0.4, 0.5) is 13.2 Å². The molecule has 0 unspecified atom stereocenters. The Balaban J connectivity index is 2.01. The molecular formula is C15H16F3N5O2. The molecule has 1 aliphatic carbocycles. The van der Waals surface area contributed by atoms with E-state index in [4.69, 9.17) is 4.74 Å². The molecule has 0 bridgehead atoms. The largest absolute Gasteiger partial charge is 0.466 e. The Morgan fingerprint density at radius 2 is 2.04 bits per heavy atom. The van der Waals surface area contributed by atoms with E-state index in [1.54, 1.807) is 20.8 Å². The van der Waals surface area contributed by atoms with Gasteiger partial charge in [-0.1, -0.05) is 0 Å². The molecule has 7 nitrogen and oxygen atoms in total. The van der Waals surface area contributed by atoms with Crippen molar-refractivity contribution in [1.82, 2.24) is 24.7 Å². The molecule has 2 aromatic rings. The third-order valence-corrected chi connectivity index (χ3v) is 3.84. The quantitative estimate of drug-likeness (QED) is 0.783. The van der Waals surface area contributed by atoms with Gasteiger partial charge in [0.05, 0.1) is 18.2 Å². The van der Waals surface area contributed by atoms with Gasteiger partial charge in [-0.05, 0) is 27.2 Å².